The topological polar surface area (TPSA) is 29.3 Å². The number of nitrogens with zero attached hydrogens (tertiary/aromatic N) is 2. The van der Waals surface area contributed by atoms with Crippen LogP contribution in [0.25, 0.3) is 11.5 Å². The summed E-state index contributed by atoms with van der Waals surface area (Å²) in [5.74, 6) is 0.692. The van der Waals surface area contributed by atoms with Crippen molar-refractivity contribution in [3.8, 4) is 11.5 Å². The lowest BCUT2D eigenvalue weighted by Gasteiger charge is -2.17. The Hall–Kier alpha value is -1.91. The molecule has 21 heavy (non-hydrogen) atoms. The Kier molecular flexibility index (Phi) is 4.48. The van der Waals surface area contributed by atoms with E-state index >= 15 is 0 Å². The molecule has 0 spiro atoms. The molecule has 3 nitrogen and oxygen atoms in total. The number of oxazole rings is 1. The molecule has 0 aliphatic rings. The molecule has 3 rings (SSSR count). The van der Waals surface area contributed by atoms with E-state index in [0.717, 1.165) is 30.9 Å². The molecular weight excluding hydrogens is 280 g/mol. The first-order valence-electron chi connectivity index (χ1n) is 7.09. The third-order valence-corrected chi connectivity index (χ3v) is 4.23. The Morgan fingerprint density at radius 1 is 1.10 bits per heavy atom. The molecule has 4 heteroatoms. The lowest BCUT2D eigenvalue weighted by Crippen LogP contribution is -2.21. The van der Waals surface area contributed by atoms with Gasteiger partial charge in [-0.2, -0.15) is 0 Å². The molecule has 108 valence electrons. The molecule has 2 aromatic heterocycles. The summed E-state index contributed by atoms with van der Waals surface area (Å²) in [6.07, 6.45) is 1.76. The van der Waals surface area contributed by atoms with Gasteiger partial charge < -0.3 is 4.42 Å². The second-order valence-electron chi connectivity index (χ2n) is 4.89. The van der Waals surface area contributed by atoms with Gasteiger partial charge in [0.1, 0.15) is 6.26 Å². The van der Waals surface area contributed by atoms with E-state index < -0.39 is 0 Å². The normalized spacial score (nSPS) is 11.1. The third-order valence-electron chi connectivity index (χ3n) is 3.36. The van der Waals surface area contributed by atoms with Gasteiger partial charge in [0.15, 0.2) is 0 Å². The van der Waals surface area contributed by atoms with Crippen LogP contribution in [-0.4, -0.2) is 16.4 Å². The molecule has 3 aromatic rings. The molecular formula is C17H18N2OS. The minimum atomic E-state index is 0.692. The predicted octanol–water partition coefficient (Wildman–Crippen LogP) is 4.43. The van der Waals surface area contributed by atoms with Crippen molar-refractivity contribution in [3.05, 3.63) is 64.7 Å². The zero-order chi connectivity index (χ0) is 14.5. The van der Waals surface area contributed by atoms with Crippen LogP contribution in [0.4, 0.5) is 0 Å². The van der Waals surface area contributed by atoms with Gasteiger partial charge in [0.25, 0.3) is 0 Å². The Balaban J connectivity index is 1.68. The highest BCUT2D eigenvalue weighted by atomic mass is 32.1. The highest BCUT2D eigenvalue weighted by molar-refractivity contribution is 7.09. The summed E-state index contributed by atoms with van der Waals surface area (Å²) in [6, 6.07) is 14.3. The first kappa shape index (κ1) is 14.0. The van der Waals surface area contributed by atoms with Crippen molar-refractivity contribution >= 4 is 11.3 Å². The van der Waals surface area contributed by atoms with Gasteiger partial charge in [0.2, 0.25) is 5.89 Å². The summed E-state index contributed by atoms with van der Waals surface area (Å²) in [5, 5.41) is 2.12. The van der Waals surface area contributed by atoms with Crippen LogP contribution in [0.1, 0.15) is 17.5 Å². The first-order valence-corrected chi connectivity index (χ1v) is 7.97. The van der Waals surface area contributed by atoms with E-state index in [1.54, 1.807) is 17.6 Å². The fourth-order valence-electron chi connectivity index (χ4n) is 2.22. The van der Waals surface area contributed by atoms with Crippen LogP contribution in [0.5, 0.6) is 0 Å². The monoisotopic (exact) mass is 298 g/mol. The van der Waals surface area contributed by atoms with Gasteiger partial charge in [-0.15, -0.1) is 11.3 Å². The third kappa shape index (κ3) is 3.60. The summed E-state index contributed by atoms with van der Waals surface area (Å²) in [6.45, 7) is 4.93. The molecule has 0 saturated heterocycles. The van der Waals surface area contributed by atoms with Crippen molar-refractivity contribution in [2.24, 2.45) is 0 Å². The van der Waals surface area contributed by atoms with E-state index in [2.05, 4.69) is 34.3 Å². The van der Waals surface area contributed by atoms with Crippen molar-refractivity contribution in [2.75, 3.05) is 6.54 Å². The molecule has 0 N–H and O–H groups in total. The molecule has 0 fully saturated rings. The summed E-state index contributed by atoms with van der Waals surface area (Å²) < 4.78 is 5.60. The SMILES string of the molecule is CCN(Cc1coc(-c2ccccc2)n1)Cc1cccs1. The Labute approximate surface area is 128 Å². The number of hydrogen-bond acceptors (Lipinski definition) is 4. The minimum Gasteiger partial charge on any atom is -0.444 e. The van der Waals surface area contributed by atoms with Crippen molar-refractivity contribution in [3.63, 3.8) is 0 Å². The summed E-state index contributed by atoms with van der Waals surface area (Å²) in [7, 11) is 0. The molecule has 0 aliphatic carbocycles. The zero-order valence-corrected chi connectivity index (χ0v) is 12.8. The van der Waals surface area contributed by atoms with E-state index in [-0.39, 0.29) is 0 Å². The van der Waals surface area contributed by atoms with Gasteiger partial charge in [-0.05, 0) is 30.1 Å². The van der Waals surface area contributed by atoms with Crippen LogP contribution in [0.3, 0.4) is 0 Å². The second-order valence-corrected chi connectivity index (χ2v) is 5.92. The average molecular weight is 298 g/mol. The zero-order valence-electron chi connectivity index (χ0n) is 12.0. The highest BCUT2D eigenvalue weighted by Gasteiger charge is 2.10. The number of rotatable bonds is 6. The lowest BCUT2D eigenvalue weighted by atomic mass is 10.2. The van der Waals surface area contributed by atoms with Crippen molar-refractivity contribution in [1.82, 2.24) is 9.88 Å². The second kappa shape index (κ2) is 6.70. The number of thiophene rings is 1. The number of aromatic nitrogens is 1. The smallest absolute Gasteiger partial charge is 0.226 e. The Morgan fingerprint density at radius 2 is 1.95 bits per heavy atom. The predicted molar refractivity (Wildman–Crippen MR) is 86.0 cm³/mol. The molecule has 0 unspecified atom stereocenters. The highest BCUT2D eigenvalue weighted by Crippen LogP contribution is 2.19. The first-order chi connectivity index (χ1) is 10.3. The Morgan fingerprint density at radius 3 is 2.67 bits per heavy atom. The fourth-order valence-corrected chi connectivity index (χ4v) is 2.97. The van der Waals surface area contributed by atoms with Gasteiger partial charge in [-0.1, -0.05) is 31.2 Å². The van der Waals surface area contributed by atoms with Crippen LogP contribution < -0.4 is 0 Å². The van der Waals surface area contributed by atoms with Crippen molar-refractivity contribution in [1.29, 1.82) is 0 Å². The molecule has 0 aliphatic heterocycles. The summed E-state index contributed by atoms with van der Waals surface area (Å²) >= 11 is 1.79. The standard InChI is InChI=1S/C17H18N2OS/c1-2-19(12-16-9-6-10-21-16)11-15-13-20-17(18-15)14-7-4-3-5-8-14/h3-10,13H,2,11-12H2,1H3. The molecule has 1 aromatic carbocycles. The average Bonchev–Trinajstić information content (AvgIpc) is 3.19. The molecule has 0 amide bonds. The van der Waals surface area contributed by atoms with Gasteiger partial charge >= 0.3 is 0 Å². The van der Waals surface area contributed by atoms with Crippen molar-refractivity contribution < 1.29 is 4.42 Å². The molecule has 0 atom stereocenters. The molecule has 2 heterocycles. The largest absolute Gasteiger partial charge is 0.444 e. The summed E-state index contributed by atoms with van der Waals surface area (Å²) in [5.41, 5.74) is 2.00. The van der Waals surface area contributed by atoms with E-state index in [0.29, 0.717) is 5.89 Å². The fraction of sp³-hybridized carbons (Fsp3) is 0.235. The lowest BCUT2D eigenvalue weighted by molar-refractivity contribution is 0.270. The minimum absolute atomic E-state index is 0.692. The van der Waals surface area contributed by atoms with Gasteiger partial charge in [-0.25, -0.2) is 4.98 Å². The van der Waals surface area contributed by atoms with Crippen LogP contribution in [-0.2, 0) is 13.1 Å². The quantitative estimate of drug-likeness (QED) is 0.674. The molecule has 0 saturated carbocycles. The molecule has 0 radical (unpaired) electrons. The maximum absolute atomic E-state index is 5.60. The maximum atomic E-state index is 5.60. The maximum Gasteiger partial charge on any atom is 0.226 e. The van der Waals surface area contributed by atoms with Gasteiger partial charge in [0.05, 0.1) is 5.69 Å². The van der Waals surface area contributed by atoms with Crippen molar-refractivity contribution in [2.45, 2.75) is 20.0 Å². The van der Waals surface area contributed by atoms with Crippen LogP contribution in [0, 0.1) is 0 Å². The van der Waals surface area contributed by atoms with E-state index in [1.807, 2.05) is 30.3 Å². The van der Waals surface area contributed by atoms with Crippen LogP contribution >= 0.6 is 11.3 Å². The van der Waals surface area contributed by atoms with E-state index in [1.165, 1.54) is 4.88 Å². The summed E-state index contributed by atoms with van der Waals surface area (Å²) in [4.78, 5) is 8.33. The number of benzene rings is 1. The number of hydrogen-bond donors (Lipinski definition) is 0. The van der Waals surface area contributed by atoms with Gasteiger partial charge in [0, 0.05) is 23.5 Å². The van der Waals surface area contributed by atoms with Crippen LogP contribution in [0.15, 0.2) is 58.5 Å². The molecule has 0 bridgehead atoms. The van der Waals surface area contributed by atoms with E-state index in [9.17, 15) is 0 Å². The van der Waals surface area contributed by atoms with Gasteiger partial charge in [-0.3, -0.25) is 4.90 Å². The Bertz CT molecular complexity index is 661. The van der Waals surface area contributed by atoms with E-state index in [4.69, 9.17) is 4.42 Å². The van der Waals surface area contributed by atoms with Crippen LogP contribution in [0.2, 0.25) is 0 Å².